The molecule has 32 heavy (non-hydrogen) atoms. The smallest absolute Gasteiger partial charge is 0.270 e. The second kappa shape index (κ2) is 9.33. The van der Waals surface area contributed by atoms with E-state index >= 15 is 0 Å². The van der Waals surface area contributed by atoms with Gasteiger partial charge in [-0.3, -0.25) is 19.8 Å². The lowest BCUT2D eigenvalue weighted by molar-refractivity contribution is -0.384. The number of fused-ring (bicyclic) bond motifs is 1. The van der Waals surface area contributed by atoms with Crippen molar-refractivity contribution in [2.24, 2.45) is 0 Å². The van der Waals surface area contributed by atoms with Crippen LogP contribution in [0.2, 0.25) is 0 Å². The zero-order valence-corrected chi connectivity index (χ0v) is 18.5. The molecular formula is C24H18N2O4S2. The van der Waals surface area contributed by atoms with E-state index in [0.29, 0.717) is 27.1 Å². The van der Waals surface area contributed by atoms with E-state index in [4.69, 9.17) is 17.0 Å². The quantitative estimate of drug-likeness (QED) is 0.147. The summed E-state index contributed by atoms with van der Waals surface area (Å²) in [6.45, 7) is 4.23. The van der Waals surface area contributed by atoms with E-state index in [2.05, 4.69) is 6.58 Å². The summed E-state index contributed by atoms with van der Waals surface area (Å²) in [7, 11) is 0. The van der Waals surface area contributed by atoms with Crippen LogP contribution in [0.4, 0.5) is 5.69 Å². The normalized spacial score (nSPS) is 14.9. The molecule has 1 fully saturated rings. The Kier molecular flexibility index (Phi) is 6.34. The Morgan fingerprint density at radius 3 is 2.72 bits per heavy atom. The van der Waals surface area contributed by atoms with Gasteiger partial charge in [0.25, 0.3) is 11.6 Å². The van der Waals surface area contributed by atoms with Gasteiger partial charge in [0, 0.05) is 24.2 Å². The van der Waals surface area contributed by atoms with Gasteiger partial charge in [0.1, 0.15) is 16.7 Å². The third kappa shape index (κ3) is 4.42. The van der Waals surface area contributed by atoms with E-state index in [1.165, 1.54) is 17.0 Å². The molecule has 0 radical (unpaired) electrons. The molecule has 1 saturated heterocycles. The predicted octanol–water partition coefficient (Wildman–Crippen LogP) is 5.71. The zero-order chi connectivity index (χ0) is 22.7. The predicted molar refractivity (Wildman–Crippen MR) is 131 cm³/mol. The molecule has 3 aromatic rings. The third-order valence-corrected chi connectivity index (χ3v) is 6.32. The molecule has 0 atom stereocenters. The fraction of sp³-hybridized carbons (Fsp3) is 0.0833. The number of thioether (sulfide) groups is 1. The van der Waals surface area contributed by atoms with Crippen molar-refractivity contribution in [3.05, 3.63) is 99.5 Å². The first kappa shape index (κ1) is 21.7. The molecule has 160 valence electrons. The number of rotatable bonds is 7. The van der Waals surface area contributed by atoms with E-state index in [-0.39, 0.29) is 18.2 Å². The maximum Gasteiger partial charge on any atom is 0.270 e. The van der Waals surface area contributed by atoms with Crippen LogP contribution in [0, 0.1) is 10.1 Å². The van der Waals surface area contributed by atoms with Gasteiger partial charge in [-0.05, 0) is 28.5 Å². The molecule has 0 aromatic heterocycles. The molecular weight excluding hydrogens is 444 g/mol. The van der Waals surface area contributed by atoms with Gasteiger partial charge < -0.3 is 4.74 Å². The summed E-state index contributed by atoms with van der Waals surface area (Å²) in [4.78, 5) is 25.3. The average molecular weight is 463 g/mol. The van der Waals surface area contributed by atoms with Crippen LogP contribution < -0.4 is 4.74 Å². The van der Waals surface area contributed by atoms with Gasteiger partial charge in [0.05, 0.1) is 9.83 Å². The monoisotopic (exact) mass is 462 g/mol. The standard InChI is InChI=1S/C24H18N2O4S2/c1-2-12-25-23(27)22(32-24(25)31)14-18-13-19(26(28)29)10-11-21(18)30-15-17-8-5-7-16-6-3-4-9-20(16)17/h2-11,13-14H,1,12,15H2/b22-14-. The van der Waals surface area contributed by atoms with Crippen LogP contribution in [0.25, 0.3) is 16.8 Å². The van der Waals surface area contributed by atoms with E-state index in [9.17, 15) is 14.9 Å². The largest absolute Gasteiger partial charge is 0.488 e. The number of nitrogens with zero attached hydrogens (tertiary/aromatic N) is 2. The Hall–Kier alpha value is -3.49. The summed E-state index contributed by atoms with van der Waals surface area (Å²) in [6, 6.07) is 18.3. The molecule has 4 rings (SSSR count). The van der Waals surface area contributed by atoms with Gasteiger partial charge in [-0.25, -0.2) is 0 Å². The maximum absolute atomic E-state index is 12.7. The number of hydrogen-bond donors (Lipinski definition) is 0. The average Bonchev–Trinajstić information content (AvgIpc) is 3.05. The Balaban J connectivity index is 1.67. The van der Waals surface area contributed by atoms with Crippen LogP contribution in [-0.4, -0.2) is 26.6 Å². The molecule has 1 aliphatic heterocycles. The van der Waals surface area contributed by atoms with Crippen molar-refractivity contribution in [2.45, 2.75) is 6.61 Å². The number of amides is 1. The highest BCUT2D eigenvalue weighted by atomic mass is 32.2. The lowest BCUT2D eigenvalue weighted by atomic mass is 10.1. The molecule has 3 aromatic carbocycles. The van der Waals surface area contributed by atoms with Gasteiger partial charge in [0.15, 0.2) is 0 Å². The highest BCUT2D eigenvalue weighted by Gasteiger charge is 2.31. The fourth-order valence-electron chi connectivity index (χ4n) is 3.40. The van der Waals surface area contributed by atoms with Gasteiger partial charge in [-0.15, -0.1) is 6.58 Å². The van der Waals surface area contributed by atoms with E-state index < -0.39 is 4.92 Å². The van der Waals surface area contributed by atoms with Gasteiger partial charge in [-0.1, -0.05) is 72.5 Å². The van der Waals surface area contributed by atoms with Gasteiger partial charge in [-0.2, -0.15) is 0 Å². The summed E-state index contributed by atoms with van der Waals surface area (Å²) in [6.07, 6.45) is 3.19. The molecule has 8 heteroatoms. The fourth-order valence-corrected chi connectivity index (χ4v) is 4.66. The van der Waals surface area contributed by atoms with Crippen LogP contribution in [0.5, 0.6) is 5.75 Å². The second-order valence-electron chi connectivity index (χ2n) is 6.99. The molecule has 6 nitrogen and oxygen atoms in total. The number of nitro groups is 1. The number of nitro benzene ring substituents is 1. The molecule has 0 N–H and O–H groups in total. The summed E-state index contributed by atoms with van der Waals surface area (Å²) >= 11 is 6.43. The van der Waals surface area contributed by atoms with Crippen LogP contribution in [0.1, 0.15) is 11.1 Å². The molecule has 0 saturated carbocycles. The van der Waals surface area contributed by atoms with E-state index in [1.54, 1.807) is 18.2 Å². The van der Waals surface area contributed by atoms with Crippen LogP contribution in [-0.2, 0) is 11.4 Å². The minimum atomic E-state index is -0.477. The highest BCUT2D eigenvalue weighted by Crippen LogP contribution is 2.35. The zero-order valence-electron chi connectivity index (χ0n) is 16.9. The van der Waals surface area contributed by atoms with Crippen LogP contribution in [0.15, 0.2) is 78.2 Å². The van der Waals surface area contributed by atoms with Crippen molar-refractivity contribution in [1.82, 2.24) is 4.90 Å². The molecule has 0 aliphatic carbocycles. The molecule has 1 amide bonds. The molecule has 1 heterocycles. The first-order chi connectivity index (χ1) is 15.5. The van der Waals surface area contributed by atoms with Gasteiger partial charge >= 0.3 is 0 Å². The van der Waals surface area contributed by atoms with Crippen LogP contribution >= 0.6 is 24.0 Å². The Bertz CT molecular complexity index is 1280. The number of carbonyl (C=O) groups is 1. The molecule has 0 spiro atoms. The first-order valence-corrected chi connectivity index (χ1v) is 10.9. The van der Waals surface area contributed by atoms with E-state index in [0.717, 1.165) is 28.1 Å². The minimum absolute atomic E-state index is 0.0877. The van der Waals surface area contributed by atoms with Crippen LogP contribution in [0.3, 0.4) is 0 Å². The summed E-state index contributed by atoms with van der Waals surface area (Å²) < 4.78 is 6.48. The van der Waals surface area contributed by atoms with Crippen molar-refractivity contribution in [3.8, 4) is 5.75 Å². The minimum Gasteiger partial charge on any atom is -0.488 e. The van der Waals surface area contributed by atoms with Crippen molar-refractivity contribution in [3.63, 3.8) is 0 Å². The molecule has 0 bridgehead atoms. The third-order valence-electron chi connectivity index (χ3n) is 4.94. The SMILES string of the molecule is C=CCN1C(=O)/C(=C/c2cc([N+](=O)[O-])ccc2OCc2cccc3ccccc23)SC1=S. The van der Waals surface area contributed by atoms with Crippen molar-refractivity contribution in [1.29, 1.82) is 0 Å². The summed E-state index contributed by atoms with van der Waals surface area (Å²) in [5, 5.41) is 13.5. The van der Waals surface area contributed by atoms with Crippen molar-refractivity contribution < 1.29 is 14.5 Å². The topological polar surface area (TPSA) is 72.7 Å². The van der Waals surface area contributed by atoms with Crippen molar-refractivity contribution in [2.75, 3.05) is 6.54 Å². The second-order valence-corrected chi connectivity index (χ2v) is 8.66. The summed E-state index contributed by atoms with van der Waals surface area (Å²) in [5.74, 6) is 0.184. The Labute approximate surface area is 194 Å². The first-order valence-electron chi connectivity index (χ1n) is 9.72. The number of benzene rings is 3. The number of ether oxygens (including phenoxy) is 1. The Morgan fingerprint density at radius 2 is 1.94 bits per heavy atom. The Morgan fingerprint density at radius 1 is 1.16 bits per heavy atom. The number of hydrogen-bond acceptors (Lipinski definition) is 6. The maximum atomic E-state index is 12.7. The lowest BCUT2D eigenvalue weighted by Crippen LogP contribution is -2.27. The number of carbonyl (C=O) groups excluding carboxylic acids is 1. The number of thiocarbonyl (C=S) groups is 1. The highest BCUT2D eigenvalue weighted by molar-refractivity contribution is 8.26. The van der Waals surface area contributed by atoms with Crippen molar-refractivity contribution >= 4 is 56.7 Å². The van der Waals surface area contributed by atoms with E-state index in [1.807, 2.05) is 42.5 Å². The molecule has 0 unspecified atom stereocenters. The number of non-ortho nitro benzene ring substituents is 1. The molecule has 1 aliphatic rings. The van der Waals surface area contributed by atoms with Gasteiger partial charge in [0.2, 0.25) is 0 Å². The lowest BCUT2D eigenvalue weighted by Gasteiger charge is -2.12. The summed E-state index contributed by atoms with van der Waals surface area (Å²) in [5.41, 5.74) is 1.35.